The van der Waals surface area contributed by atoms with Crippen molar-refractivity contribution in [3.63, 3.8) is 0 Å². The Balaban J connectivity index is 1.46. The molecular weight excluding hydrogens is 415 g/mol. The molecule has 32 heavy (non-hydrogen) atoms. The van der Waals surface area contributed by atoms with Crippen molar-refractivity contribution in [1.29, 1.82) is 0 Å². The molecule has 0 spiro atoms. The molecule has 2 aromatic heterocycles. The summed E-state index contributed by atoms with van der Waals surface area (Å²) in [5.41, 5.74) is 6.68. The Kier molecular flexibility index (Phi) is 4.66. The van der Waals surface area contributed by atoms with Gasteiger partial charge in [-0.25, -0.2) is 9.18 Å². The van der Waals surface area contributed by atoms with E-state index in [1.54, 1.807) is 11.5 Å². The fraction of sp³-hybridized carbons (Fsp3) is 0.174. The summed E-state index contributed by atoms with van der Waals surface area (Å²) < 4.78 is 28.3. The van der Waals surface area contributed by atoms with Crippen LogP contribution in [0.4, 0.5) is 4.39 Å². The first kappa shape index (κ1) is 19.8. The normalized spacial score (nSPS) is 15.0. The lowest BCUT2D eigenvalue weighted by atomic mass is 10.1. The minimum Gasteiger partial charge on any atom is -0.423 e. The van der Waals surface area contributed by atoms with Gasteiger partial charge in [-0.1, -0.05) is 30.3 Å². The first-order chi connectivity index (χ1) is 15.4. The van der Waals surface area contributed by atoms with Crippen LogP contribution in [-0.2, 0) is 6.42 Å². The molecule has 0 radical (unpaired) electrons. The zero-order valence-corrected chi connectivity index (χ0v) is 17.1. The Hall–Kier alpha value is -4.14. The highest BCUT2D eigenvalue weighted by Crippen LogP contribution is 2.32. The number of primary amides is 1. The molecule has 0 unspecified atom stereocenters. The topological polar surface area (TPSA) is 105 Å². The molecule has 8 nitrogen and oxygen atoms in total. The number of hydrogen-bond acceptors (Lipinski definition) is 5. The number of fused-ring (bicyclic) bond motifs is 1. The van der Waals surface area contributed by atoms with E-state index in [0.29, 0.717) is 17.8 Å². The van der Waals surface area contributed by atoms with Crippen LogP contribution >= 0.6 is 0 Å². The summed E-state index contributed by atoms with van der Waals surface area (Å²) in [6, 6.07) is 15.2. The van der Waals surface area contributed by atoms with Gasteiger partial charge < -0.3 is 14.9 Å². The Morgan fingerprint density at radius 3 is 2.69 bits per heavy atom. The van der Waals surface area contributed by atoms with Gasteiger partial charge in [0.25, 0.3) is 11.9 Å². The molecule has 1 aliphatic heterocycles. The average Bonchev–Trinajstić information content (AvgIpc) is 3.45. The highest BCUT2D eigenvalue weighted by Gasteiger charge is 2.29. The number of rotatable bonds is 5. The first-order valence-electron chi connectivity index (χ1n) is 10.1. The van der Waals surface area contributed by atoms with Gasteiger partial charge in [-0.3, -0.25) is 9.36 Å². The fourth-order valence-corrected chi connectivity index (χ4v) is 3.95. The van der Waals surface area contributed by atoms with Crippen molar-refractivity contribution in [3.8, 4) is 17.4 Å². The summed E-state index contributed by atoms with van der Waals surface area (Å²) in [7, 11) is 0. The molecule has 5 rings (SSSR count). The summed E-state index contributed by atoms with van der Waals surface area (Å²) in [4.78, 5) is 24.3. The number of nitrogens with two attached hydrogens (primary N) is 1. The number of amides is 1. The minimum atomic E-state index is -0.750. The average molecular weight is 434 g/mol. The maximum Gasteiger partial charge on any atom is 0.351 e. The number of carbonyl (C=O) groups is 1. The van der Waals surface area contributed by atoms with Crippen LogP contribution < -0.4 is 16.2 Å². The lowest BCUT2D eigenvalue weighted by Crippen LogP contribution is -2.26. The van der Waals surface area contributed by atoms with E-state index in [2.05, 4.69) is 5.10 Å². The predicted molar refractivity (Wildman–Crippen MR) is 113 cm³/mol. The number of benzene rings is 2. The van der Waals surface area contributed by atoms with E-state index < -0.39 is 11.7 Å². The summed E-state index contributed by atoms with van der Waals surface area (Å²) in [5.74, 6) is -1.03. The van der Waals surface area contributed by atoms with Crippen molar-refractivity contribution in [2.45, 2.75) is 25.8 Å². The van der Waals surface area contributed by atoms with E-state index in [4.69, 9.17) is 14.9 Å². The largest absolute Gasteiger partial charge is 0.423 e. The van der Waals surface area contributed by atoms with Gasteiger partial charge in [0.2, 0.25) is 0 Å². The van der Waals surface area contributed by atoms with E-state index in [0.717, 1.165) is 12.0 Å². The van der Waals surface area contributed by atoms with Crippen LogP contribution in [0.1, 0.15) is 40.0 Å². The van der Waals surface area contributed by atoms with E-state index >= 15 is 0 Å². The van der Waals surface area contributed by atoms with Gasteiger partial charge in [0.1, 0.15) is 5.82 Å². The summed E-state index contributed by atoms with van der Waals surface area (Å²) in [6.07, 6.45) is 1.45. The number of ether oxygens (including phenoxy) is 1. The molecule has 2 N–H and O–H groups in total. The molecule has 4 aromatic rings. The van der Waals surface area contributed by atoms with Crippen LogP contribution in [0.25, 0.3) is 5.69 Å². The summed E-state index contributed by atoms with van der Waals surface area (Å²) in [6.45, 7) is 1.65. The molecule has 0 saturated heterocycles. The molecule has 2 aromatic carbocycles. The van der Waals surface area contributed by atoms with Crippen LogP contribution in [0.2, 0.25) is 0 Å². The third-order valence-electron chi connectivity index (χ3n) is 5.50. The third kappa shape index (κ3) is 3.27. The standard InChI is InChI=1S/C23H19FN4O4/c1-13-11-19(21(25)29)32-22(13)31-18-9-7-15(12-16(18)24)28-23(30)27-17(8-10-20(27)26-28)14-5-3-2-4-6-14/h2-7,9,11-12,17H,8,10H2,1H3,(H2,25,29)/t17-/m0/s1. The molecule has 0 fully saturated rings. The number of aromatic nitrogens is 3. The van der Waals surface area contributed by atoms with Gasteiger partial charge in [-0.05, 0) is 37.1 Å². The fourth-order valence-electron chi connectivity index (χ4n) is 3.95. The third-order valence-corrected chi connectivity index (χ3v) is 5.50. The van der Waals surface area contributed by atoms with Crippen molar-refractivity contribution in [2.24, 2.45) is 5.73 Å². The van der Waals surface area contributed by atoms with Crippen LogP contribution in [0, 0.1) is 12.7 Å². The molecule has 3 heterocycles. The van der Waals surface area contributed by atoms with Crippen molar-refractivity contribution >= 4 is 5.91 Å². The first-order valence-corrected chi connectivity index (χ1v) is 10.1. The van der Waals surface area contributed by atoms with Gasteiger partial charge in [0.15, 0.2) is 17.3 Å². The number of hydrogen-bond donors (Lipinski definition) is 1. The summed E-state index contributed by atoms with van der Waals surface area (Å²) >= 11 is 0. The molecule has 0 bridgehead atoms. The molecule has 1 aliphatic rings. The second-order valence-corrected chi connectivity index (χ2v) is 7.61. The number of aryl methyl sites for hydroxylation is 2. The van der Waals surface area contributed by atoms with E-state index in [1.807, 2.05) is 30.3 Å². The molecule has 0 aliphatic carbocycles. The van der Waals surface area contributed by atoms with Crippen LogP contribution in [0.5, 0.6) is 11.7 Å². The number of furan rings is 1. The second kappa shape index (κ2) is 7.52. The lowest BCUT2D eigenvalue weighted by molar-refractivity contribution is 0.0969. The van der Waals surface area contributed by atoms with Gasteiger partial charge in [0.05, 0.1) is 11.7 Å². The zero-order valence-electron chi connectivity index (χ0n) is 17.1. The van der Waals surface area contributed by atoms with E-state index in [-0.39, 0.29) is 34.9 Å². The molecule has 0 saturated carbocycles. The maximum absolute atomic E-state index is 14.8. The highest BCUT2D eigenvalue weighted by molar-refractivity contribution is 5.90. The van der Waals surface area contributed by atoms with Crippen LogP contribution in [-0.4, -0.2) is 20.3 Å². The quantitative estimate of drug-likeness (QED) is 0.518. The molecule has 162 valence electrons. The monoisotopic (exact) mass is 434 g/mol. The number of halogens is 1. The van der Waals surface area contributed by atoms with Crippen molar-refractivity contribution in [2.75, 3.05) is 0 Å². The highest BCUT2D eigenvalue weighted by atomic mass is 19.1. The predicted octanol–water partition coefficient (Wildman–Crippen LogP) is 3.50. The van der Waals surface area contributed by atoms with Crippen molar-refractivity contribution in [1.82, 2.24) is 14.3 Å². The van der Waals surface area contributed by atoms with Crippen LogP contribution in [0.3, 0.4) is 0 Å². The second-order valence-electron chi connectivity index (χ2n) is 7.61. The Bertz CT molecular complexity index is 1390. The Morgan fingerprint density at radius 1 is 1.22 bits per heavy atom. The zero-order chi connectivity index (χ0) is 22.4. The van der Waals surface area contributed by atoms with Crippen molar-refractivity contribution < 1.29 is 18.3 Å². The van der Waals surface area contributed by atoms with Crippen LogP contribution in [0.15, 0.2) is 63.8 Å². The van der Waals surface area contributed by atoms with Gasteiger partial charge >= 0.3 is 5.69 Å². The Morgan fingerprint density at radius 2 is 2.00 bits per heavy atom. The number of carbonyl (C=O) groups excluding carboxylic acids is 1. The maximum atomic E-state index is 14.8. The SMILES string of the molecule is Cc1cc(C(N)=O)oc1Oc1ccc(-n2nc3n(c2=O)[C@H](c2ccccc2)CC3)cc1F. The smallest absolute Gasteiger partial charge is 0.351 e. The minimum absolute atomic E-state index is 0.0331. The molecule has 1 atom stereocenters. The van der Waals surface area contributed by atoms with E-state index in [1.165, 1.54) is 28.9 Å². The molecular formula is C23H19FN4O4. The number of nitrogens with zero attached hydrogens (tertiary/aromatic N) is 3. The van der Waals surface area contributed by atoms with Gasteiger partial charge in [0, 0.05) is 18.1 Å². The Labute approximate surface area is 181 Å². The lowest BCUT2D eigenvalue weighted by Gasteiger charge is -2.12. The molecule has 1 amide bonds. The van der Waals surface area contributed by atoms with Gasteiger partial charge in [-0.2, -0.15) is 4.68 Å². The summed E-state index contributed by atoms with van der Waals surface area (Å²) in [5, 5.41) is 4.42. The van der Waals surface area contributed by atoms with Crippen molar-refractivity contribution in [3.05, 3.63) is 93.6 Å². The van der Waals surface area contributed by atoms with Gasteiger partial charge in [-0.15, -0.1) is 5.10 Å². The molecule has 9 heteroatoms. The van der Waals surface area contributed by atoms with E-state index in [9.17, 15) is 14.0 Å².